The third-order valence-electron chi connectivity index (χ3n) is 9.80. The lowest BCUT2D eigenvalue weighted by molar-refractivity contribution is 0.439. The molecule has 296 valence electrons. The molecule has 2 aromatic heterocycles. The highest BCUT2D eigenvalue weighted by molar-refractivity contribution is 7.90. The lowest BCUT2D eigenvalue weighted by atomic mass is 9.92. The van der Waals surface area contributed by atoms with Crippen molar-refractivity contribution >= 4 is 31.7 Å². The molecule has 57 heavy (non-hydrogen) atoms. The van der Waals surface area contributed by atoms with Gasteiger partial charge in [0.2, 0.25) is 20.0 Å². The van der Waals surface area contributed by atoms with Crippen molar-refractivity contribution in [1.29, 1.82) is 0 Å². The van der Waals surface area contributed by atoms with Crippen LogP contribution in [0.1, 0.15) is 39.7 Å². The number of sulfonamides is 2. The fourth-order valence-corrected chi connectivity index (χ4v) is 9.61. The first kappa shape index (κ1) is 41.1. The highest BCUT2D eigenvalue weighted by atomic mass is 32.2. The van der Waals surface area contributed by atoms with Crippen LogP contribution in [0.2, 0.25) is 0 Å². The molecule has 6 N–H and O–H groups in total. The van der Waals surface area contributed by atoms with Crippen molar-refractivity contribution in [3.05, 3.63) is 133 Å². The van der Waals surface area contributed by atoms with Crippen LogP contribution in [-0.4, -0.2) is 38.9 Å². The van der Waals surface area contributed by atoms with E-state index in [1.165, 1.54) is 36.7 Å². The molecule has 0 bridgehead atoms. The van der Waals surface area contributed by atoms with E-state index in [0.29, 0.717) is 51.2 Å². The second-order valence-corrected chi connectivity index (χ2v) is 18.0. The van der Waals surface area contributed by atoms with E-state index in [2.05, 4.69) is 19.4 Å². The predicted octanol–water partition coefficient (Wildman–Crippen LogP) is 8.21. The molecule has 0 saturated carbocycles. The van der Waals surface area contributed by atoms with Crippen LogP contribution < -0.4 is 20.9 Å². The van der Waals surface area contributed by atoms with Crippen molar-refractivity contribution in [2.24, 2.45) is 5.92 Å². The zero-order valence-electron chi connectivity index (χ0n) is 31.9. The van der Waals surface area contributed by atoms with Crippen LogP contribution in [0.4, 0.5) is 20.4 Å². The van der Waals surface area contributed by atoms with Gasteiger partial charge in [-0.1, -0.05) is 68.4 Å². The van der Waals surface area contributed by atoms with E-state index in [9.17, 15) is 16.8 Å². The van der Waals surface area contributed by atoms with Gasteiger partial charge in [-0.05, 0) is 97.8 Å². The number of anilines is 2. The molecule has 2 heterocycles. The quantitative estimate of drug-likeness (QED) is 0.0853. The molecule has 0 amide bonds. The van der Waals surface area contributed by atoms with Crippen LogP contribution in [-0.2, 0) is 26.5 Å². The first-order valence-electron chi connectivity index (χ1n) is 18.3. The minimum absolute atomic E-state index is 0.0247. The Morgan fingerprint density at radius 3 is 1.77 bits per heavy atom. The minimum Gasteiger partial charge on any atom is -0.384 e. The number of rotatable bonds is 14. The van der Waals surface area contributed by atoms with Gasteiger partial charge in [0.05, 0.1) is 9.79 Å². The maximum absolute atomic E-state index is 15.8. The molecular weight excluding hydrogens is 767 g/mol. The fourth-order valence-electron chi connectivity index (χ4n) is 6.46. The number of hydrogen-bond donors (Lipinski definition) is 4. The van der Waals surface area contributed by atoms with Gasteiger partial charge in [0.1, 0.15) is 23.3 Å². The average Bonchev–Trinajstić information content (AvgIpc) is 3.17. The molecule has 0 fully saturated rings. The summed E-state index contributed by atoms with van der Waals surface area (Å²) in [5.41, 5.74) is 14.1. The highest BCUT2D eigenvalue weighted by Crippen LogP contribution is 2.37. The Bertz CT molecular complexity index is 2640. The Morgan fingerprint density at radius 2 is 1.21 bits per heavy atom. The summed E-state index contributed by atoms with van der Waals surface area (Å²) in [5, 5.41) is 0. The zero-order chi connectivity index (χ0) is 41.1. The monoisotopic (exact) mass is 810 g/mol. The van der Waals surface area contributed by atoms with Crippen molar-refractivity contribution in [2.75, 3.05) is 18.0 Å². The molecule has 0 aliphatic rings. The predicted molar refractivity (Wildman–Crippen MR) is 222 cm³/mol. The van der Waals surface area contributed by atoms with Crippen LogP contribution in [0.15, 0.2) is 125 Å². The van der Waals surface area contributed by atoms with E-state index in [1.807, 2.05) is 13.8 Å². The highest BCUT2D eigenvalue weighted by Gasteiger charge is 2.29. The molecule has 4 aromatic carbocycles. The summed E-state index contributed by atoms with van der Waals surface area (Å²) in [6.45, 7) is 7.23. The maximum atomic E-state index is 15.8. The third-order valence-corrected chi connectivity index (χ3v) is 13.0. The number of benzene rings is 4. The van der Waals surface area contributed by atoms with Gasteiger partial charge in [-0.3, -0.25) is 0 Å². The Labute approximate surface area is 332 Å². The summed E-state index contributed by atoms with van der Waals surface area (Å²) in [4.78, 5) is 8.02. The maximum Gasteiger partial charge on any atom is 0.241 e. The molecular formula is C43H44F2N6O4S2. The van der Waals surface area contributed by atoms with Gasteiger partial charge < -0.3 is 11.5 Å². The molecule has 0 aliphatic heterocycles. The van der Waals surface area contributed by atoms with E-state index in [4.69, 9.17) is 11.5 Å². The Hall–Kier alpha value is -5.54. The number of hydrogen-bond acceptors (Lipinski definition) is 8. The first-order valence-corrected chi connectivity index (χ1v) is 21.2. The Kier molecular flexibility index (Phi) is 11.9. The summed E-state index contributed by atoms with van der Waals surface area (Å²) in [7, 11) is -8.24. The van der Waals surface area contributed by atoms with E-state index >= 15 is 8.78 Å². The van der Waals surface area contributed by atoms with Gasteiger partial charge >= 0.3 is 0 Å². The van der Waals surface area contributed by atoms with Gasteiger partial charge in [-0.25, -0.2) is 45.0 Å². The van der Waals surface area contributed by atoms with Crippen molar-refractivity contribution in [3.8, 4) is 44.5 Å². The van der Waals surface area contributed by atoms with Crippen molar-refractivity contribution < 1.29 is 25.6 Å². The number of pyridine rings is 2. The SMILES string of the molecule is CCC(C)(C)NS(=O)(=O)c1cccc(CC(C)CNS(=O)(=O)c2ccccc2-c2ccc(-c3ccc(N)nc3)c(F)c2)c1-c1ccc(-c2ccc(N)nc2)c(F)c1. The fraction of sp³-hybridized carbons (Fsp3) is 0.209. The molecule has 10 nitrogen and oxygen atoms in total. The Balaban J connectivity index is 1.29. The van der Waals surface area contributed by atoms with E-state index in [-0.39, 0.29) is 45.6 Å². The minimum atomic E-state index is -4.13. The second-order valence-electron chi connectivity index (χ2n) is 14.6. The van der Waals surface area contributed by atoms with Crippen LogP contribution in [0.25, 0.3) is 44.5 Å². The van der Waals surface area contributed by atoms with Gasteiger partial charge in [0, 0.05) is 57.9 Å². The summed E-state index contributed by atoms with van der Waals surface area (Å²) >= 11 is 0. The topological polar surface area (TPSA) is 170 Å². The van der Waals surface area contributed by atoms with Crippen molar-refractivity contribution in [1.82, 2.24) is 19.4 Å². The number of aromatic nitrogens is 2. The molecule has 0 aliphatic carbocycles. The van der Waals surface area contributed by atoms with E-state index in [1.54, 1.807) is 92.7 Å². The average molecular weight is 811 g/mol. The number of halogens is 2. The largest absolute Gasteiger partial charge is 0.384 e. The molecule has 6 rings (SSSR count). The molecule has 0 radical (unpaired) electrons. The van der Waals surface area contributed by atoms with Crippen LogP contribution in [0, 0.1) is 17.6 Å². The van der Waals surface area contributed by atoms with Gasteiger partial charge in [0.15, 0.2) is 0 Å². The number of nitrogen functional groups attached to an aromatic ring is 2. The third kappa shape index (κ3) is 9.37. The van der Waals surface area contributed by atoms with E-state index in [0.717, 1.165) is 0 Å². The van der Waals surface area contributed by atoms with Crippen LogP contribution >= 0.6 is 0 Å². The molecule has 6 aromatic rings. The second kappa shape index (κ2) is 16.5. The van der Waals surface area contributed by atoms with Crippen LogP contribution in [0.5, 0.6) is 0 Å². The smallest absolute Gasteiger partial charge is 0.241 e. The molecule has 1 unspecified atom stereocenters. The van der Waals surface area contributed by atoms with Crippen molar-refractivity contribution in [2.45, 2.75) is 55.9 Å². The molecule has 0 saturated heterocycles. The summed E-state index contributed by atoms with van der Waals surface area (Å²) < 4.78 is 92.4. The summed E-state index contributed by atoms with van der Waals surface area (Å²) in [5.74, 6) is -0.916. The number of nitrogens with one attached hydrogen (secondary N) is 2. The Morgan fingerprint density at radius 1 is 0.667 bits per heavy atom. The standard InChI is InChI=1S/C43H44F2N6O4S2/c1-5-43(3,4)51-57(54,55)39-12-8-9-29(42(39)30-14-18-34(37(45)23-30)32-16-20-41(47)49-26-32)21-27(2)24-50-56(52,53)38-11-7-6-10-35(38)28-13-17-33(36(44)22-28)31-15-19-40(46)48-25-31/h6-20,22-23,25-27,50-51H,5,21,24H2,1-4H3,(H2,46,48)(H2,47,49). The van der Waals surface area contributed by atoms with Gasteiger partial charge in [-0.15, -0.1) is 0 Å². The molecule has 14 heteroatoms. The summed E-state index contributed by atoms with van der Waals surface area (Å²) in [6, 6.07) is 26.6. The molecule has 1 atom stereocenters. The number of nitrogens with two attached hydrogens (primary N) is 2. The zero-order valence-corrected chi connectivity index (χ0v) is 33.6. The van der Waals surface area contributed by atoms with Crippen molar-refractivity contribution in [3.63, 3.8) is 0 Å². The first-order chi connectivity index (χ1) is 27.0. The van der Waals surface area contributed by atoms with Gasteiger partial charge in [-0.2, -0.15) is 0 Å². The normalized spacial score (nSPS) is 12.7. The summed E-state index contributed by atoms with van der Waals surface area (Å²) in [6.07, 6.45) is 3.68. The van der Waals surface area contributed by atoms with Crippen LogP contribution in [0.3, 0.4) is 0 Å². The number of nitrogens with zero attached hydrogens (tertiary/aromatic N) is 2. The lowest BCUT2D eigenvalue weighted by Crippen LogP contribution is -2.42. The van der Waals surface area contributed by atoms with Gasteiger partial charge in [0.25, 0.3) is 0 Å². The lowest BCUT2D eigenvalue weighted by Gasteiger charge is -2.26. The molecule has 0 spiro atoms. The van der Waals surface area contributed by atoms with E-state index < -0.39 is 37.2 Å².